The molecule has 23 heavy (non-hydrogen) atoms. The van der Waals surface area contributed by atoms with Gasteiger partial charge in [0.25, 0.3) is 0 Å². The third-order valence-corrected chi connectivity index (χ3v) is 6.84. The molecule has 0 aromatic rings. The Morgan fingerprint density at radius 3 is 2.39 bits per heavy atom. The molecule has 0 spiro atoms. The fourth-order valence-electron chi connectivity index (χ4n) is 3.77. The van der Waals surface area contributed by atoms with Crippen LogP contribution in [0.15, 0.2) is 0 Å². The van der Waals surface area contributed by atoms with Gasteiger partial charge in [-0.2, -0.15) is 0 Å². The summed E-state index contributed by atoms with van der Waals surface area (Å²) in [5.41, 5.74) is 0. The van der Waals surface area contributed by atoms with Crippen LogP contribution in [-0.2, 0) is 24.2 Å². The number of methoxy groups -OCH3 is 1. The second-order valence-electron chi connectivity index (χ2n) is 6.75. The van der Waals surface area contributed by atoms with Crippen molar-refractivity contribution in [3.05, 3.63) is 0 Å². The Bertz CT molecular complexity index is 539. The van der Waals surface area contributed by atoms with Crippen LogP contribution in [0.4, 0.5) is 0 Å². The lowest BCUT2D eigenvalue weighted by Gasteiger charge is -2.32. The van der Waals surface area contributed by atoms with Crippen LogP contribution in [0.25, 0.3) is 0 Å². The summed E-state index contributed by atoms with van der Waals surface area (Å²) in [7, 11) is -1.83. The van der Waals surface area contributed by atoms with Gasteiger partial charge in [-0.3, -0.25) is 4.79 Å². The molecule has 1 amide bonds. The number of amides is 1. The Morgan fingerprint density at radius 2 is 1.87 bits per heavy atom. The number of sulfone groups is 1. The molecule has 1 aliphatic heterocycles. The second-order valence-corrected chi connectivity index (χ2v) is 8.97. The van der Waals surface area contributed by atoms with E-state index in [9.17, 15) is 18.0 Å². The molecule has 0 aromatic carbocycles. The molecule has 2 fully saturated rings. The Morgan fingerprint density at radius 1 is 1.22 bits per heavy atom. The molecule has 0 radical (unpaired) electrons. The van der Waals surface area contributed by atoms with Crippen LogP contribution in [0.3, 0.4) is 0 Å². The molecular weight excluding hydrogens is 318 g/mol. The minimum atomic E-state index is -3.12. The standard InChI is InChI=1S/C16H27NO5S/c1-12(16(19)22-2)17(14-9-10-23(20,21)11-14)15(18)8-7-13-5-3-4-6-13/h12-14H,3-11H2,1-2H3/t12-,14+/m0/s1. The Hall–Kier alpha value is -1.11. The number of hydrogen-bond acceptors (Lipinski definition) is 5. The summed E-state index contributed by atoms with van der Waals surface area (Å²) in [6.45, 7) is 1.62. The van der Waals surface area contributed by atoms with Crippen molar-refractivity contribution < 1.29 is 22.7 Å². The van der Waals surface area contributed by atoms with E-state index < -0.39 is 27.9 Å². The smallest absolute Gasteiger partial charge is 0.328 e. The van der Waals surface area contributed by atoms with Gasteiger partial charge in [0.1, 0.15) is 6.04 Å². The van der Waals surface area contributed by atoms with Gasteiger partial charge in [-0.05, 0) is 25.7 Å². The van der Waals surface area contributed by atoms with Crippen molar-refractivity contribution in [2.75, 3.05) is 18.6 Å². The average Bonchev–Trinajstić information content (AvgIpc) is 3.14. The molecule has 1 aliphatic carbocycles. The van der Waals surface area contributed by atoms with Crippen LogP contribution in [0.2, 0.25) is 0 Å². The Labute approximate surface area is 138 Å². The third kappa shape index (κ3) is 4.68. The first kappa shape index (κ1) is 18.2. The summed E-state index contributed by atoms with van der Waals surface area (Å²) >= 11 is 0. The zero-order valence-corrected chi connectivity index (χ0v) is 14.8. The Balaban J connectivity index is 2.05. The van der Waals surface area contributed by atoms with Crippen LogP contribution in [-0.4, -0.2) is 55.9 Å². The molecule has 7 heteroatoms. The predicted octanol–water partition coefficient (Wildman–Crippen LogP) is 1.53. The highest BCUT2D eigenvalue weighted by Gasteiger charge is 2.39. The van der Waals surface area contributed by atoms with E-state index in [4.69, 9.17) is 4.74 Å². The van der Waals surface area contributed by atoms with Crippen molar-refractivity contribution in [2.24, 2.45) is 5.92 Å². The fourth-order valence-corrected chi connectivity index (χ4v) is 5.48. The van der Waals surface area contributed by atoms with Crippen molar-refractivity contribution in [3.63, 3.8) is 0 Å². The zero-order valence-electron chi connectivity index (χ0n) is 14.0. The predicted molar refractivity (Wildman–Crippen MR) is 86.6 cm³/mol. The van der Waals surface area contributed by atoms with E-state index in [1.54, 1.807) is 6.92 Å². The van der Waals surface area contributed by atoms with Gasteiger partial charge in [-0.1, -0.05) is 25.7 Å². The van der Waals surface area contributed by atoms with Crippen molar-refractivity contribution in [3.8, 4) is 0 Å². The molecule has 0 unspecified atom stereocenters. The average molecular weight is 345 g/mol. The number of hydrogen-bond donors (Lipinski definition) is 0. The van der Waals surface area contributed by atoms with Gasteiger partial charge in [0.2, 0.25) is 5.91 Å². The first-order valence-corrected chi connectivity index (χ1v) is 10.3. The maximum absolute atomic E-state index is 12.7. The molecule has 6 nitrogen and oxygen atoms in total. The summed E-state index contributed by atoms with van der Waals surface area (Å²) in [6, 6.07) is -1.15. The number of nitrogens with zero attached hydrogens (tertiary/aromatic N) is 1. The number of carbonyl (C=O) groups excluding carboxylic acids is 2. The van der Waals surface area contributed by atoms with Gasteiger partial charge in [-0.25, -0.2) is 13.2 Å². The van der Waals surface area contributed by atoms with E-state index in [-0.39, 0.29) is 17.4 Å². The number of rotatable bonds is 6. The molecule has 0 N–H and O–H groups in total. The number of carbonyl (C=O) groups is 2. The zero-order chi connectivity index (χ0) is 17.0. The van der Waals surface area contributed by atoms with E-state index in [0.29, 0.717) is 18.8 Å². The van der Waals surface area contributed by atoms with Gasteiger partial charge in [0, 0.05) is 12.5 Å². The van der Waals surface area contributed by atoms with Crippen molar-refractivity contribution in [2.45, 2.75) is 64.0 Å². The molecule has 2 atom stereocenters. The third-order valence-electron chi connectivity index (χ3n) is 5.09. The minimum absolute atomic E-state index is 0.0521. The normalized spacial score (nSPS) is 25.2. The summed E-state index contributed by atoms with van der Waals surface area (Å²) in [4.78, 5) is 26.0. The Kier molecular flexibility index (Phi) is 6.06. The number of ether oxygens (including phenoxy) is 1. The quantitative estimate of drug-likeness (QED) is 0.682. The van der Waals surface area contributed by atoms with Crippen molar-refractivity contribution in [1.29, 1.82) is 0 Å². The highest BCUT2D eigenvalue weighted by molar-refractivity contribution is 7.91. The molecule has 1 heterocycles. The van der Waals surface area contributed by atoms with Gasteiger partial charge in [0.15, 0.2) is 9.84 Å². The summed E-state index contributed by atoms with van der Waals surface area (Å²) in [6.07, 6.45) is 6.38. The van der Waals surface area contributed by atoms with E-state index in [1.807, 2.05) is 0 Å². The molecule has 2 aliphatic rings. The van der Waals surface area contributed by atoms with Crippen LogP contribution in [0, 0.1) is 5.92 Å². The molecular formula is C16H27NO5S. The van der Waals surface area contributed by atoms with Crippen LogP contribution in [0.5, 0.6) is 0 Å². The SMILES string of the molecule is COC(=O)[C@H](C)N(C(=O)CCC1CCCC1)[C@@H]1CCS(=O)(=O)C1. The lowest BCUT2D eigenvalue weighted by Crippen LogP contribution is -2.50. The number of esters is 1. The molecule has 1 saturated carbocycles. The van der Waals surface area contributed by atoms with Crippen molar-refractivity contribution >= 4 is 21.7 Å². The van der Waals surface area contributed by atoms with Crippen LogP contribution >= 0.6 is 0 Å². The fraction of sp³-hybridized carbons (Fsp3) is 0.875. The highest BCUT2D eigenvalue weighted by atomic mass is 32.2. The van der Waals surface area contributed by atoms with Crippen LogP contribution in [0.1, 0.15) is 51.9 Å². The molecule has 132 valence electrons. The monoisotopic (exact) mass is 345 g/mol. The minimum Gasteiger partial charge on any atom is -0.467 e. The van der Waals surface area contributed by atoms with Crippen molar-refractivity contribution in [1.82, 2.24) is 4.90 Å². The maximum atomic E-state index is 12.7. The van der Waals surface area contributed by atoms with Gasteiger partial charge >= 0.3 is 5.97 Å². The van der Waals surface area contributed by atoms with E-state index in [1.165, 1.54) is 24.9 Å². The maximum Gasteiger partial charge on any atom is 0.328 e. The molecule has 2 rings (SSSR count). The second kappa shape index (κ2) is 7.64. The van der Waals surface area contributed by atoms with E-state index in [0.717, 1.165) is 19.3 Å². The van der Waals surface area contributed by atoms with E-state index >= 15 is 0 Å². The first-order chi connectivity index (χ1) is 10.8. The highest BCUT2D eigenvalue weighted by Crippen LogP contribution is 2.29. The van der Waals surface area contributed by atoms with Gasteiger partial charge < -0.3 is 9.64 Å². The largest absolute Gasteiger partial charge is 0.467 e. The first-order valence-electron chi connectivity index (χ1n) is 8.43. The van der Waals surface area contributed by atoms with Crippen LogP contribution < -0.4 is 0 Å². The van der Waals surface area contributed by atoms with Gasteiger partial charge in [-0.15, -0.1) is 0 Å². The molecule has 0 bridgehead atoms. The lowest BCUT2D eigenvalue weighted by molar-refractivity contribution is -0.153. The summed E-state index contributed by atoms with van der Waals surface area (Å²) in [5, 5.41) is 0. The van der Waals surface area contributed by atoms with Gasteiger partial charge in [0.05, 0.1) is 18.6 Å². The van der Waals surface area contributed by atoms with E-state index in [2.05, 4.69) is 0 Å². The topological polar surface area (TPSA) is 80.8 Å². The lowest BCUT2D eigenvalue weighted by atomic mass is 10.0. The molecule has 0 aromatic heterocycles. The summed E-state index contributed by atoms with van der Waals surface area (Å²) in [5.74, 6) is -0.0106. The molecule has 1 saturated heterocycles. The summed E-state index contributed by atoms with van der Waals surface area (Å²) < 4.78 is 28.2.